The highest BCUT2D eigenvalue weighted by molar-refractivity contribution is 7.07. The number of rotatable bonds is 7. The Balaban J connectivity index is 1.93. The van der Waals surface area contributed by atoms with Gasteiger partial charge < -0.3 is 14.8 Å². The minimum Gasteiger partial charge on any atom is -0.493 e. The Morgan fingerprint density at radius 3 is 2.81 bits per heavy atom. The van der Waals surface area contributed by atoms with Gasteiger partial charge >= 0.3 is 0 Å². The smallest absolute Gasteiger partial charge is 0.224 e. The summed E-state index contributed by atoms with van der Waals surface area (Å²) in [6, 6.07) is 7.43. The van der Waals surface area contributed by atoms with Gasteiger partial charge in [-0.1, -0.05) is 0 Å². The van der Waals surface area contributed by atoms with E-state index in [1.165, 1.54) is 5.56 Å². The van der Waals surface area contributed by atoms with E-state index in [4.69, 9.17) is 9.47 Å². The Morgan fingerprint density at radius 2 is 2.14 bits per heavy atom. The summed E-state index contributed by atoms with van der Waals surface area (Å²) in [6.07, 6.45) is 1.22. The maximum atomic E-state index is 11.9. The van der Waals surface area contributed by atoms with E-state index in [0.717, 1.165) is 6.42 Å². The Labute approximate surface area is 128 Å². The number of benzene rings is 1. The molecule has 21 heavy (non-hydrogen) atoms. The molecule has 0 saturated heterocycles. The minimum atomic E-state index is -0.00703. The van der Waals surface area contributed by atoms with Gasteiger partial charge in [0.1, 0.15) is 0 Å². The molecular formula is C16H19NO3S. The van der Waals surface area contributed by atoms with Gasteiger partial charge in [0, 0.05) is 18.2 Å². The van der Waals surface area contributed by atoms with Gasteiger partial charge in [-0.2, -0.15) is 11.3 Å². The van der Waals surface area contributed by atoms with Crippen LogP contribution in [0.4, 0.5) is 5.69 Å². The lowest BCUT2D eigenvalue weighted by Crippen LogP contribution is -2.12. The normalized spacial score (nSPS) is 10.2. The molecule has 1 heterocycles. The zero-order valence-corrected chi connectivity index (χ0v) is 13.0. The van der Waals surface area contributed by atoms with Crippen LogP contribution in [0.25, 0.3) is 0 Å². The number of ether oxygens (including phenoxy) is 2. The van der Waals surface area contributed by atoms with E-state index in [1.54, 1.807) is 30.6 Å². The van der Waals surface area contributed by atoms with Crippen LogP contribution >= 0.6 is 11.3 Å². The summed E-state index contributed by atoms with van der Waals surface area (Å²) in [5.41, 5.74) is 1.91. The molecule has 1 aromatic carbocycles. The summed E-state index contributed by atoms with van der Waals surface area (Å²) < 4.78 is 10.7. The lowest BCUT2D eigenvalue weighted by Gasteiger charge is -2.11. The monoisotopic (exact) mass is 305 g/mol. The molecule has 1 N–H and O–H groups in total. The van der Waals surface area contributed by atoms with Crippen LogP contribution < -0.4 is 14.8 Å². The molecule has 1 amide bonds. The quantitative estimate of drug-likeness (QED) is 0.848. The number of carbonyl (C=O) groups is 1. The van der Waals surface area contributed by atoms with Crippen LogP contribution in [-0.2, 0) is 11.2 Å². The molecule has 4 nitrogen and oxygen atoms in total. The highest BCUT2D eigenvalue weighted by Crippen LogP contribution is 2.30. The molecule has 0 atom stereocenters. The summed E-state index contributed by atoms with van der Waals surface area (Å²) in [7, 11) is 1.58. The molecule has 0 saturated carbocycles. The third-order valence-corrected chi connectivity index (χ3v) is 3.70. The molecule has 5 heteroatoms. The molecule has 112 valence electrons. The Bertz CT molecular complexity index is 581. The number of carbonyl (C=O) groups excluding carboxylic acids is 1. The van der Waals surface area contributed by atoms with Gasteiger partial charge in [0.05, 0.1) is 13.7 Å². The molecule has 0 aliphatic carbocycles. The molecule has 2 rings (SSSR count). The Hall–Kier alpha value is -2.01. The number of methoxy groups -OCH3 is 1. The van der Waals surface area contributed by atoms with Gasteiger partial charge in [0.2, 0.25) is 5.91 Å². The molecular weight excluding hydrogens is 286 g/mol. The number of aryl methyl sites for hydroxylation is 1. The third kappa shape index (κ3) is 4.49. The Kier molecular flexibility index (Phi) is 5.63. The van der Waals surface area contributed by atoms with Gasteiger partial charge in [-0.15, -0.1) is 0 Å². The third-order valence-electron chi connectivity index (χ3n) is 2.97. The molecule has 0 unspecified atom stereocenters. The lowest BCUT2D eigenvalue weighted by molar-refractivity contribution is -0.116. The number of hydrogen-bond donors (Lipinski definition) is 1. The second-order valence-electron chi connectivity index (χ2n) is 4.48. The predicted octanol–water partition coefficient (Wildman–Crippen LogP) is 3.73. The van der Waals surface area contributed by atoms with E-state index in [1.807, 2.05) is 24.4 Å². The van der Waals surface area contributed by atoms with Crippen molar-refractivity contribution in [1.82, 2.24) is 0 Å². The van der Waals surface area contributed by atoms with Crippen molar-refractivity contribution >= 4 is 22.9 Å². The summed E-state index contributed by atoms with van der Waals surface area (Å²) in [4.78, 5) is 11.9. The summed E-state index contributed by atoms with van der Waals surface area (Å²) in [5, 5.41) is 6.96. The number of nitrogens with one attached hydrogen (secondary N) is 1. The van der Waals surface area contributed by atoms with E-state index < -0.39 is 0 Å². The van der Waals surface area contributed by atoms with Crippen molar-refractivity contribution in [1.29, 1.82) is 0 Å². The van der Waals surface area contributed by atoms with Crippen LogP contribution in [0.5, 0.6) is 11.5 Å². The van der Waals surface area contributed by atoms with Gasteiger partial charge in [0.15, 0.2) is 11.5 Å². The van der Waals surface area contributed by atoms with Gasteiger partial charge in [-0.3, -0.25) is 4.79 Å². The number of thiophene rings is 1. The second-order valence-corrected chi connectivity index (χ2v) is 5.26. The molecule has 0 aliphatic heterocycles. The first-order valence-corrected chi connectivity index (χ1v) is 7.79. The molecule has 0 spiro atoms. The molecule has 0 fully saturated rings. The topological polar surface area (TPSA) is 47.6 Å². The fourth-order valence-corrected chi connectivity index (χ4v) is 2.64. The second kappa shape index (κ2) is 7.69. The van der Waals surface area contributed by atoms with Crippen LogP contribution in [0, 0.1) is 0 Å². The average Bonchev–Trinajstić information content (AvgIpc) is 3.00. The molecule has 0 aliphatic rings. The standard InChI is InChI=1S/C16H19NO3S/c1-3-20-14-6-5-13(10-15(14)19-2)17-16(18)7-4-12-8-9-21-11-12/h5-6,8-11H,3-4,7H2,1-2H3,(H,17,18). The zero-order valence-electron chi connectivity index (χ0n) is 12.2. The van der Waals surface area contributed by atoms with Crippen molar-refractivity contribution in [2.45, 2.75) is 19.8 Å². The number of anilines is 1. The van der Waals surface area contributed by atoms with Gasteiger partial charge in [0.25, 0.3) is 0 Å². The maximum Gasteiger partial charge on any atom is 0.224 e. The summed E-state index contributed by atoms with van der Waals surface area (Å²) >= 11 is 1.64. The maximum absolute atomic E-state index is 11.9. The fourth-order valence-electron chi connectivity index (χ4n) is 1.94. The van der Waals surface area contributed by atoms with Gasteiger partial charge in [-0.25, -0.2) is 0 Å². The van der Waals surface area contributed by atoms with E-state index >= 15 is 0 Å². The summed E-state index contributed by atoms with van der Waals surface area (Å²) in [5.74, 6) is 1.29. The fraction of sp³-hybridized carbons (Fsp3) is 0.312. The van der Waals surface area contributed by atoms with E-state index in [0.29, 0.717) is 30.2 Å². The van der Waals surface area contributed by atoms with Crippen molar-refractivity contribution in [2.75, 3.05) is 19.0 Å². The zero-order chi connectivity index (χ0) is 15.1. The van der Waals surface area contributed by atoms with Crippen molar-refractivity contribution in [2.24, 2.45) is 0 Å². The van der Waals surface area contributed by atoms with Crippen LogP contribution in [0.1, 0.15) is 18.9 Å². The number of amides is 1. The van der Waals surface area contributed by atoms with Crippen molar-refractivity contribution in [3.63, 3.8) is 0 Å². The molecule has 2 aromatic rings. The van der Waals surface area contributed by atoms with Crippen molar-refractivity contribution in [3.8, 4) is 11.5 Å². The first-order chi connectivity index (χ1) is 10.2. The SMILES string of the molecule is CCOc1ccc(NC(=O)CCc2ccsc2)cc1OC. The first kappa shape index (κ1) is 15.4. The van der Waals surface area contributed by atoms with Crippen LogP contribution in [0.15, 0.2) is 35.0 Å². The van der Waals surface area contributed by atoms with Gasteiger partial charge in [-0.05, 0) is 47.9 Å². The van der Waals surface area contributed by atoms with Crippen molar-refractivity contribution in [3.05, 3.63) is 40.6 Å². The van der Waals surface area contributed by atoms with E-state index in [9.17, 15) is 4.79 Å². The van der Waals surface area contributed by atoms with E-state index in [2.05, 4.69) is 10.7 Å². The lowest BCUT2D eigenvalue weighted by atomic mass is 10.2. The molecule has 1 aromatic heterocycles. The van der Waals surface area contributed by atoms with E-state index in [-0.39, 0.29) is 5.91 Å². The Morgan fingerprint density at radius 1 is 1.29 bits per heavy atom. The van der Waals surface area contributed by atoms with Crippen LogP contribution in [0.3, 0.4) is 0 Å². The highest BCUT2D eigenvalue weighted by Gasteiger charge is 2.08. The van der Waals surface area contributed by atoms with Crippen LogP contribution in [0.2, 0.25) is 0 Å². The predicted molar refractivity (Wildman–Crippen MR) is 85.4 cm³/mol. The highest BCUT2D eigenvalue weighted by atomic mass is 32.1. The average molecular weight is 305 g/mol. The first-order valence-electron chi connectivity index (χ1n) is 6.84. The molecule has 0 bridgehead atoms. The number of hydrogen-bond acceptors (Lipinski definition) is 4. The minimum absolute atomic E-state index is 0.00703. The van der Waals surface area contributed by atoms with Crippen molar-refractivity contribution < 1.29 is 14.3 Å². The van der Waals surface area contributed by atoms with Crippen LogP contribution in [-0.4, -0.2) is 19.6 Å². The molecule has 0 radical (unpaired) electrons. The largest absolute Gasteiger partial charge is 0.493 e. The summed E-state index contributed by atoms with van der Waals surface area (Å²) in [6.45, 7) is 2.49.